The summed E-state index contributed by atoms with van der Waals surface area (Å²) in [6.07, 6.45) is 1.52. The molecule has 0 unspecified atom stereocenters. The Bertz CT molecular complexity index is 404. The Kier molecular flexibility index (Phi) is 4.46. The number of amides is 2. The normalized spacial score (nSPS) is 21.1. The molecule has 1 aliphatic carbocycles. The van der Waals surface area contributed by atoms with E-state index in [1.165, 1.54) is 0 Å². The molecule has 2 rings (SSSR count). The van der Waals surface area contributed by atoms with Crippen LogP contribution in [0, 0.1) is 5.41 Å². The monoisotopic (exact) mass is 298 g/mol. The van der Waals surface area contributed by atoms with Crippen LogP contribution in [0.25, 0.3) is 0 Å². The lowest BCUT2D eigenvalue weighted by molar-refractivity contribution is -0.140. The fourth-order valence-electron chi connectivity index (χ4n) is 2.60. The summed E-state index contributed by atoms with van der Waals surface area (Å²) < 4.78 is 10.5. The fraction of sp³-hybridized carbons (Fsp3) is 0.867. The average Bonchev–Trinajstić information content (AvgIpc) is 3.17. The van der Waals surface area contributed by atoms with Crippen molar-refractivity contribution >= 4 is 12.0 Å². The van der Waals surface area contributed by atoms with Crippen LogP contribution in [0.2, 0.25) is 0 Å². The van der Waals surface area contributed by atoms with Crippen molar-refractivity contribution in [1.82, 2.24) is 9.80 Å². The van der Waals surface area contributed by atoms with Gasteiger partial charge < -0.3 is 19.3 Å². The van der Waals surface area contributed by atoms with Gasteiger partial charge in [0.2, 0.25) is 5.91 Å². The summed E-state index contributed by atoms with van der Waals surface area (Å²) in [7, 11) is 1.63. The molecule has 0 radical (unpaired) electrons. The molecule has 1 heterocycles. The Morgan fingerprint density at radius 3 is 2.00 bits per heavy atom. The summed E-state index contributed by atoms with van der Waals surface area (Å²) in [5.74, 6) is 0.174. The largest absolute Gasteiger partial charge is 0.444 e. The van der Waals surface area contributed by atoms with Crippen LogP contribution in [0.5, 0.6) is 0 Å². The van der Waals surface area contributed by atoms with E-state index >= 15 is 0 Å². The number of hydrogen-bond donors (Lipinski definition) is 0. The number of carbonyl (C=O) groups excluding carboxylic acids is 2. The van der Waals surface area contributed by atoms with Gasteiger partial charge in [0.25, 0.3) is 0 Å². The third kappa shape index (κ3) is 3.87. The number of rotatable bonds is 3. The molecule has 2 fully saturated rings. The van der Waals surface area contributed by atoms with Gasteiger partial charge in [0, 0.05) is 33.3 Å². The van der Waals surface area contributed by atoms with Gasteiger partial charge in [-0.15, -0.1) is 0 Å². The first-order valence-electron chi connectivity index (χ1n) is 7.54. The maximum atomic E-state index is 12.5. The standard InChI is InChI=1S/C15H26N2O4/c1-14(2,3)21-13(19)17-9-7-16(8-10-17)12(18)15(5-6-15)11-20-4/h5-11H2,1-4H3. The molecule has 6 nitrogen and oxygen atoms in total. The lowest BCUT2D eigenvalue weighted by Crippen LogP contribution is -2.53. The minimum Gasteiger partial charge on any atom is -0.444 e. The van der Waals surface area contributed by atoms with Gasteiger partial charge in [-0.05, 0) is 33.6 Å². The zero-order valence-corrected chi connectivity index (χ0v) is 13.5. The Hall–Kier alpha value is -1.30. The van der Waals surface area contributed by atoms with E-state index in [0.29, 0.717) is 32.8 Å². The highest BCUT2D eigenvalue weighted by Gasteiger charge is 2.52. The van der Waals surface area contributed by atoms with Gasteiger partial charge >= 0.3 is 6.09 Å². The Morgan fingerprint density at radius 2 is 1.57 bits per heavy atom. The van der Waals surface area contributed by atoms with Crippen molar-refractivity contribution in [3.63, 3.8) is 0 Å². The van der Waals surface area contributed by atoms with Crippen LogP contribution < -0.4 is 0 Å². The Balaban J connectivity index is 1.83. The van der Waals surface area contributed by atoms with Crippen LogP contribution in [-0.2, 0) is 14.3 Å². The molecular weight excluding hydrogens is 272 g/mol. The van der Waals surface area contributed by atoms with Crippen molar-refractivity contribution in [1.29, 1.82) is 0 Å². The first kappa shape index (κ1) is 16.1. The lowest BCUT2D eigenvalue weighted by atomic mass is 10.1. The molecule has 0 aromatic heterocycles. The van der Waals surface area contributed by atoms with Crippen molar-refractivity contribution in [3.05, 3.63) is 0 Å². The summed E-state index contributed by atoms with van der Waals surface area (Å²) in [5, 5.41) is 0. The number of methoxy groups -OCH3 is 1. The maximum Gasteiger partial charge on any atom is 0.410 e. The summed E-state index contributed by atoms with van der Waals surface area (Å²) in [4.78, 5) is 28.0. The van der Waals surface area contributed by atoms with Gasteiger partial charge in [-0.3, -0.25) is 4.79 Å². The van der Waals surface area contributed by atoms with Crippen LogP contribution in [0.1, 0.15) is 33.6 Å². The third-order valence-electron chi connectivity index (χ3n) is 3.95. The van der Waals surface area contributed by atoms with Gasteiger partial charge in [-0.2, -0.15) is 0 Å². The second-order valence-electron chi connectivity index (χ2n) is 6.97. The molecule has 0 bridgehead atoms. The first-order chi connectivity index (χ1) is 9.77. The van der Waals surface area contributed by atoms with E-state index < -0.39 is 5.60 Å². The van der Waals surface area contributed by atoms with E-state index in [1.807, 2.05) is 25.7 Å². The highest BCUT2D eigenvalue weighted by molar-refractivity contribution is 5.85. The number of ether oxygens (including phenoxy) is 2. The molecule has 2 aliphatic rings. The zero-order chi connectivity index (χ0) is 15.7. The highest BCUT2D eigenvalue weighted by atomic mass is 16.6. The quantitative estimate of drug-likeness (QED) is 0.792. The second-order valence-corrected chi connectivity index (χ2v) is 6.97. The van der Waals surface area contributed by atoms with E-state index in [4.69, 9.17) is 9.47 Å². The van der Waals surface area contributed by atoms with Crippen LogP contribution in [0.4, 0.5) is 4.79 Å². The van der Waals surface area contributed by atoms with Crippen molar-refractivity contribution < 1.29 is 19.1 Å². The molecule has 0 spiro atoms. The van der Waals surface area contributed by atoms with Gasteiger partial charge in [-0.25, -0.2) is 4.79 Å². The van der Waals surface area contributed by atoms with Crippen molar-refractivity contribution in [2.75, 3.05) is 39.9 Å². The van der Waals surface area contributed by atoms with E-state index in [2.05, 4.69) is 0 Å². The predicted octanol–water partition coefficient (Wildman–Crippen LogP) is 1.49. The van der Waals surface area contributed by atoms with Gasteiger partial charge in [0.1, 0.15) is 5.60 Å². The molecule has 0 atom stereocenters. The minimum atomic E-state index is -0.486. The highest BCUT2D eigenvalue weighted by Crippen LogP contribution is 2.47. The SMILES string of the molecule is COCC1(C(=O)N2CCN(C(=O)OC(C)(C)C)CC2)CC1. The molecule has 0 N–H and O–H groups in total. The van der Waals surface area contributed by atoms with Crippen LogP contribution >= 0.6 is 0 Å². The summed E-state index contributed by atoms with van der Waals surface area (Å²) in [6, 6.07) is 0. The molecule has 1 aliphatic heterocycles. The summed E-state index contributed by atoms with van der Waals surface area (Å²) >= 11 is 0. The maximum absolute atomic E-state index is 12.5. The summed E-state index contributed by atoms with van der Waals surface area (Å²) in [5.41, 5.74) is -0.774. The molecule has 2 amide bonds. The van der Waals surface area contributed by atoms with Crippen molar-refractivity contribution in [2.24, 2.45) is 5.41 Å². The van der Waals surface area contributed by atoms with Gasteiger partial charge in [-0.1, -0.05) is 0 Å². The molecule has 0 aromatic carbocycles. The number of carbonyl (C=O) groups is 2. The Labute approximate surface area is 126 Å². The smallest absolute Gasteiger partial charge is 0.410 e. The van der Waals surface area contributed by atoms with Crippen molar-refractivity contribution in [2.45, 2.75) is 39.2 Å². The van der Waals surface area contributed by atoms with E-state index in [0.717, 1.165) is 12.8 Å². The van der Waals surface area contributed by atoms with Crippen LogP contribution in [0.15, 0.2) is 0 Å². The number of hydrogen-bond acceptors (Lipinski definition) is 4. The fourth-order valence-corrected chi connectivity index (χ4v) is 2.60. The Morgan fingerprint density at radius 1 is 1.05 bits per heavy atom. The lowest BCUT2D eigenvalue weighted by Gasteiger charge is -2.37. The molecule has 0 aromatic rings. The number of nitrogens with zero attached hydrogens (tertiary/aromatic N) is 2. The van der Waals surface area contributed by atoms with Crippen LogP contribution in [0.3, 0.4) is 0 Å². The van der Waals surface area contributed by atoms with Gasteiger partial charge in [0.05, 0.1) is 12.0 Å². The van der Waals surface area contributed by atoms with E-state index in [1.54, 1.807) is 12.0 Å². The first-order valence-corrected chi connectivity index (χ1v) is 7.54. The third-order valence-corrected chi connectivity index (χ3v) is 3.95. The molecule has 21 heavy (non-hydrogen) atoms. The molecule has 1 saturated heterocycles. The molecule has 6 heteroatoms. The average molecular weight is 298 g/mol. The topological polar surface area (TPSA) is 59.1 Å². The number of piperazine rings is 1. The van der Waals surface area contributed by atoms with Gasteiger partial charge in [0.15, 0.2) is 0 Å². The molecule has 120 valence electrons. The van der Waals surface area contributed by atoms with Crippen LogP contribution in [-0.4, -0.2) is 67.3 Å². The van der Waals surface area contributed by atoms with Crippen molar-refractivity contribution in [3.8, 4) is 0 Å². The summed E-state index contributed by atoms with van der Waals surface area (Å²) in [6.45, 7) is 8.27. The van der Waals surface area contributed by atoms with E-state index in [9.17, 15) is 9.59 Å². The van der Waals surface area contributed by atoms with E-state index in [-0.39, 0.29) is 17.4 Å². The molecular formula is C15H26N2O4. The molecule has 1 saturated carbocycles. The second kappa shape index (κ2) is 5.83. The predicted molar refractivity (Wildman–Crippen MR) is 77.9 cm³/mol. The minimum absolute atomic E-state index is 0.174. The zero-order valence-electron chi connectivity index (χ0n) is 13.5.